The highest BCUT2D eigenvalue weighted by molar-refractivity contribution is 7.12. The van der Waals surface area contributed by atoms with E-state index >= 15 is 0 Å². The van der Waals surface area contributed by atoms with E-state index in [0.717, 1.165) is 32.2 Å². The molecule has 2 atom stereocenters. The van der Waals surface area contributed by atoms with E-state index in [1.807, 2.05) is 0 Å². The molecule has 1 fully saturated rings. The number of rotatable bonds is 5. The van der Waals surface area contributed by atoms with Gasteiger partial charge in [0.2, 0.25) is 0 Å². The lowest BCUT2D eigenvalue weighted by molar-refractivity contribution is 0.00297. The molecule has 0 bridgehead atoms. The minimum atomic E-state index is -0.506. The quantitative estimate of drug-likeness (QED) is 0.873. The van der Waals surface area contributed by atoms with E-state index in [-0.39, 0.29) is 12.1 Å². The number of nitrogens with two attached hydrogens (primary N) is 1. The Morgan fingerprint density at radius 2 is 2.05 bits per heavy atom. The molecule has 0 amide bonds. The second kappa shape index (κ2) is 5.92. The first kappa shape index (κ1) is 15.0. The molecule has 3 N–H and O–H groups in total. The van der Waals surface area contributed by atoms with Gasteiger partial charge in [0.15, 0.2) is 0 Å². The smallest absolute Gasteiger partial charge is 0.0774 e. The van der Waals surface area contributed by atoms with Crippen molar-refractivity contribution in [3.63, 3.8) is 0 Å². The molecule has 2 rings (SSSR count). The zero-order valence-corrected chi connectivity index (χ0v) is 13.0. The molecule has 0 spiro atoms. The van der Waals surface area contributed by atoms with Crippen LogP contribution in [-0.2, 0) is 0 Å². The average molecular weight is 282 g/mol. The summed E-state index contributed by atoms with van der Waals surface area (Å²) in [6.45, 7) is 4.89. The Morgan fingerprint density at radius 3 is 2.53 bits per heavy atom. The van der Waals surface area contributed by atoms with Crippen molar-refractivity contribution in [3.05, 3.63) is 21.9 Å². The maximum absolute atomic E-state index is 10.6. The van der Waals surface area contributed by atoms with Crippen LogP contribution >= 0.6 is 11.3 Å². The predicted octanol–water partition coefficient (Wildman–Crippen LogP) is 2.68. The lowest BCUT2D eigenvalue weighted by atomic mass is 9.99. The molecule has 19 heavy (non-hydrogen) atoms. The van der Waals surface area contributed by atoms with E-state index in [1.165, 1.54) is 9.75 Å². The summed E-state index contributed by atoms with van der Waals surface area (Å²) in [6, 6.07) is 4.58. The number of nitrogens with zero attached hydrogens (tertiary/aromatic N) is 1. The molecule has 2 unspecified atom stereocenters. The van der Waals surface area contributed by atoms with Crippen molar-refractivity contribution in [2.24, 2.45) is 5.73 Å². The van der Waals surface area contributed by atoms with Gasteiger partial charge in [-0.3, -0.25) is 4.90 Å². The van der Waals surface area contributed by atoms with Crippen LogP contribution in [0.1, 0.15) is 48.4 Å². The van der Waals surface area contributed by atoms with Gasteiger partial charge in [-0.2, -0.15) is 0 Å². The summed E-state index contributed by atoms with van der Waals surface area (Å²) in [5.41, 5.74) is 5.67. The molecule has 108 valence electrons. The summed E-state index contributed by atoms with van der Waals surface area (Å²) in [5.74, 6) is 0. The van der Waals surface area contributed by atoms with Crippen LogP contribution in [0.15, 0.2) is 12.1 Å². The Morgan fingerprint density at radius 1 is 1.42 bits per heavy atom. The van der Waals surface area contributed by atoms with E-state index in [2.05, 4.69) is 37.9 Å². The second-order valence-corrected chi connectivity index (χ2v) is 7.42. The maximum Gasteiger partial charge on any atom is 0.0774 e. The van der Waals surface area contributed by atoms with Crippen molar-refractivity contribution in [2.75, 3.05) is 13.6 Å². The molecule has 1 aromatic rings. The summed E-state index contributed by atoms with van der Waals surface area (Å²) < 4.78 is 0. The molecule has 1 aliphatic carbocycles. The van der Waals surface area contributed by atoms with Gasteiger partial charge in [-0.1, -0.05) is 12.8 Å². The molecule has 0 aliphatic heterocycles. The molecule has 1 aromatic heterocycles. The van der Waals surface area contributed by atoms with Gasteiger partial charge in [-0.05, 0) is 45.9 Å². The molecule has 0 aromatic carbocycles. The maximum atomic E-state index is 10.6. The topological polar surface area (TPSA) is 49.5 Å². The van der Waals surface area contributed by atoms with Crippen LogP contribution in [0, 0.1) is 6.92 Å². The molecule has 1 saturated carbocycles. The molecule has 1 aliphatic rings. The van der Waals surface area contributed by atoms with Crippen LogP contribution in [0.4, 0.5) is 0 Å². The van der Waals surface area contributed by atoms with Crippen LogP contribution in [0.5, 0.6) is 0 Å². The van der Waals surface area contributed by atoms with E-state index in [1.54, 1.807) is 11.3 Å². The average Bonchev–Trinajstić information content (AvgIpc) is 2.88. The highest BCUT2D eigenvalue weighted by Crippen LogP contribution is 2.34. The zero-order chi connectivity index (χ0) is 14.0. The molecule has 4 heteroatoms. The third kappa shape index (κ3) is 3.57. The Labute approximate surface area is 120 Å². The van der Waals surface area contributed by atoms with Crippen LogP contribution in [-0.4, -0.2) is 35.2 Å². The van der Waals surface area contributed by atoms with Gasteiger partial charge in [0.25, 0.3) is 0 Å². The fourth-order valence-electron chi connectivity index (χ4n) is 3.24. The normalized spacial score (nSPS) is 21.8. The van der Waals surface area contributed by atoms with Gasteiger partial charge in [-0.15, -0.1) is 11.3 Å². The van der Waals surface area contributed by atoms with Gasteiger partial charge >= 0.3 is 0 Å². The van der Waals surface area contributed by atoms with Gasteiger partial charge in [-0.25, -0.2) is 0 Å². The first-order chi connectivity index (χ1) is 8.91. The lowest BCUT2D eigenvalue weighted by Crippen LogP contribution is -2.45. The third-order valence-electron chi connectivity index (χ3n) is 4.10. The number of likely N-dealkylation sites (N-methyl/N-ethyl adjacent to an activating group) is 1. The Kier molecular flexibility index (Phi) is 4.66. The third-order valence-corrected chi connectivity index (χ3v) is 5.17. The van der Waals surface area contributed by atoms with Crippen molar-refractivity contribution in [1.82, 2.24) is 4.90 Å². The minimum Gasteiger partial charge on any atom is -0.389 e. The lowest BCUT2D eigenvalue weighted by Gasteiger charge is -2.35. The van der Waals surface area contributed by atoms with Gasteiger partial charge < -0.3 is 10.8 Å². The summed E-state index contributed by atoms with van der Waals surface area (Å²) in [4.78, 5) is 4.85. The standard InChI is InChI=1S/C15H26N2OS/c1-11-6-7-13(19-11)14(12(2)16)17(3)10-15(18)8-4-5-9-15/h6-7,12,14,18H,4-5,8-10,16H2,1-3H3. The fraction of sp³-hybridized carbons (Fsp3) is 0.733. The van der Waals surface area contributed by atoms with Crippen molar-refractivity contribution in [1.29, 1.82) is 0 Å². The number of hydrogen-bond acceptors (Lipinski definition) is 4. The Bertz CT molecular complexity index is 410. The second-order valence-electron chi connectivity index (χ2n) is 6.10. The largest absolute Gasteiger partial charge is 0.389 e. The van der Waals surface area contributed by atoms with Crippen LogP contribution in [0.2, 0.25) is 0 Å². The van der Waals surface area contributed by atoms with Crippen molar-refractivity contribution >= 4 is 11.3 Å². The number of thiophene rings is 1. The van der Waals surface area contributed by atoms with Gasteiger partial charge in [0, 0.05) is 22.3 Å². The zero-order valence-electron chi connectivity index (χ0n) is 12.2. The van der Waals surface area contributed by atoms with Crippen LogP contribution in [0.3, 0.4) is 0 Å². The molecule has 3 nitrogen and oxygen atoms in total. The summed E-state index contributed by atoms with van der Waals surface area (Å²) in [7, 11) is 2.08. The van der Waals surface area contributed by atoms with Crippen molar-refractivity contribution in [3.8, 4) is 0 Å². The summed E-state index contributed by atoms with van der Waals surface area (Å²) in [5, 5.41) is 10.6. The van der Waals surface area contributed by atoms with E-state index < -0.39 is 5.60 Å². The molecule has 0 radical (unpaired) electrons. The number of aryl methyl sites for hydroxylation is 1. The Balaban J connectivity index is 2.10. The van der Waals surface area contributed by atoms with E-state index in [4.69, 9.17) is 5.73 Å². The predicted molar refractivity (Wildman–Crippen MR) is 81.5 cm³/mol. The van der Waals surface area contributed by atoms with E-state index in [0.29, 0.717) is 0 Å². The highest BCUT2D eigenvalue weighted by Gasteiger charge is 2.35. The van der Waals surface area contributed by atoms with Crippen LogP contribution < -0.4 is 5.73 Å². The highest BCUT2D eigenvalue weighted by atomic mass is 32.1. The van der Waals surface area contributed by atoms with Gasteiger partial charge in [0.1, 0.15) is 0 Å². The number of hydrogen-bond donors (Lipinski definition) is 2. The molecular formula is C15H26N2OS. The summed E-state index contributed by atoms with van der Waals surface area (Å²) >= 11 is 1.81. The Hall–Kier alpha value is -0.420. The molecule has 1 heterocycles. The van der Waals surface area contributed by atoms with Crippen molar-refractivity contribution in [2.45, 2.75) is 57.2 Å². The molecule has 0 saturated heterocycles. The molecular weight excluding hydrogens is 256 g/mol. The van der Waals surface area contributed by atoms with E-state index in [9.17, 15) is 5.11 Å². The first-order valence-electron chi connectivity index (χ1n) is 7.16. The fourth-order valence-corrected chi connectivity index (χ4v) is 4.40. The monoisotopic (exact) mass is 282 g/mol. The van der Waals surface area contributed by atoms with Crippen LogP contribution in [0.25, 0.3) is 0 Å². The SMILES string of the molecule is Cc1ccc(C(C(C)N)N(C)CC2(O)CCCC2)s1. The van der Waals surface area contributed by atoms with Gasteiger partial charge in [0.05, 0.1) is 11.6 Å². The minimum absolute atomic E-state index is 0.0630. The number of aliphatic hydroxyl groups is 1. The first-order valence-corrected chi connectivity index (χ1v) is 7.97. The summed E-state index contributed by atoms with van der Waals surface area (Å²) in [6.07, 6.45) is 4.13. The van der Waals surface area contributed by atoms with Crippen molar-refractivity contribution < 1.29 is 5.11 Å².